The van der Waals surface area contributed by atoms with Gasteiger partial charge in [-0.05, 0) is 25.1 Å². The maximum atomic E-state index is 12.7. The van der Waals surface area contributed by atoms with Crippen LogP contribution in [0.2, 0.25) is 10.0 Å². The minimum absolute atomic E-state index is 0.0105. The molecular weight excluding hydrogens is 332 g/mol. The maximum Gasteiger partial charge on any atom is 0.335 e. The van der Waals surface area contributed by atoms with Gasteiger partial charge < -0.3 is 9.84 Å². The molecule has 1 heterocycles. The average Bonchev–Trinajstić information content (AvgIpc) is 2.37. The van der Waals surface area contributed by atoms with E-state index < -0.39 is 24.1 Å². The number of hydrogen-bond acceptors (Lipinski definition) is 2. The molecule has 1 unspecified atom stereocenters. The number of fused-ring (bicyclic) bond motifs is 1. The lowest BCUT2D eigenvalue weighted by Gasteiger charge is -2.25. The van der Waals surface area contributed by atoms with E-state index in [9.17, 15) is 18.0 Å². The molecule has 8 heteroatoms. The van der Waals surface area contributed by atoms with Crippen molar-refractivity contribution in [3.63, 3.8) is 0 Å². The zero-order valence-corrected chi connectivity index (χ0v) is 12.3. The first-order valence-corrected chi connectivity index (χ1v) is 6.52. The molecule has 0 bridgehead atoms. The molecular formula is C13H11Cl2F3O3. The maximum absolute atomic E-state index is 12.7. The normalized spacial score (nSPS) is 16.3. The third-order valence-corrected chi connectivity index (χ3v) is 2.87. The Labute approximate surface area is 128 Å². The Morgan fingerprint density at radius 1 is 1.43 bits per heavy atom. The summed E-state index contributed by atoms with van der Waals surface area (Å²) in [6, 6.07) is 2.73. The molecule has 0 aliphatic carbocycles. The first kappa shape index (κ1) is 17.7. The highest BCUT2D eigenvalue weighted by atomic mass is 35.5. The molecule has 3 nitrogen and oxygen atoms in total. The summed E-state index contributed by atoms with van der Waals surface area (Å²) in [4.78, 5) is 10.9. The quantitative estimate of drug-likeness (QED) is 0.862. The summed E-state index contributed by atoms with van der Waals surface area (Å²) in [6.45, 7) is 1.21. The largest absolute Gasteiger partial charge is 0.478 e. The fraction of sp³-hybridized carbons (Fsp3) is 0.308. The van der Waals surface area contributed by atoms with Gasteiger partial charge in [0.05, 0.1) is 17.3 Å². The number of carbonyl (C=O) groups is 1. The number of alkyl halides is 3. The minimum atomic E-state index is -2.97. The van der Waals surface area contributed by atoms with Gasteiger partial charge in [0.15, 0.2) is 6.10 Å². The average molecular weight is 343 g/mol. The second kappa shape index (κ2) is 7.56. The lowest BCUT2D eigenvalue weighted by Crippen LogP contribution is -2.33. The topological polar surface area (TPSA) is 46.5 Å². The van der Waals surface area contributed by atoms with Gasteiger partial charge >= 0.3 is 5.97 Å². The molecule has 0 amide bonds. The van der Waals surface area contributed by atoms with Crippen LogP contribution in [0.25, 0.3) is 6.08 Å². The highest BCUT2D eigenvalue weighted by Crippen LogP contribution is 2.39. The molecule has 0 fully saturated rings. The number of benzene rings is 1. The number of halogens is 5. The molecule has 1 N–H and O–H groups in total. The van der Waals surface area contributed by atoms with E-state index in [0.717, 1.165) is 6.08 Å². The van der Waals surface area contributed by atoms with Crippen molar-refractivity contribution in [1.82, 2.24) is 0 Å². The van der Waals surface area contributed by atoms with E-state index in [4.69, 9.17) is 33.0 Å². The van der Waals surface area contributed by atoms with Crippen molar-refractivity contribution in [3.05, 3.63) is 33.3 Å². The number of hydrogen-bond donors (Lipinski definition) is 1. The Hall–Kier alpha value is -1.40. The zero-order valence-electron chi connectivity index (χ0n) is 10.7. The molecule has 0 spiro atoms. The van der Waals surface area contributed by atoms with Crippen molar-refractivity contribution >= 4 is 35.2 Å². The van der Waals surface area contributed by atoms with Gasteiger partial charge in [-0.2, -0.15) is 0 Å². The molecule has 1 aliphatic heterocycles. The van der Waals surface area contributed by atoms with Crippen LogP contribution in [-0.4, -0.2) is 30.3 Å². The minimum Gasteiger partial charge on any atom is -0.478 e. The monoisotopic (exact) mass is 342 g/mol. The van der Waals surface area contributed by atoms with Crippen LogP contribution in [0.3, 0.4) is 0 Å². The second-order valence-corrected chi connectivity index (χ2v) is 4.69. The molecule has 1 aromatic rings. The van der Waals surface area contributed by atoms with Crippen LogP contribution in [0.1, 0.15) is 12.5 Å². The lowest BCUT2D eigenvalue weighted by atomic mass is 10.0. The number of ether oxygens (including phenoxy) is 1. The van der Waals surface area contributed by atoms with Crippen molar-refractivity contribution in [3.8, 4) is 5.75 Å². The van der Waals surface area contributed by atoms with Crippen LogP contribution in [0.5, 0.6) is 5.75 Å². The van der Waals surface area contributed by atoms with Crippen LogP contribution >= 0.6 is 23.2 Å². The van der Waals surface area contributed by atoms with E-state index in [0.29, 0.717) is 0 Å². The van der Waals surface area contributed by atoms with Crippen LogP contribution in [-0.2, 0) is 4.79 Å². The van der Waals surface area contributed by atoms with Crippen LogP contribution in [0.4, 0.5) is 13.2 Å². The summed E-state index contributed by atoms with van der Waals surface area (Å²) in [5, 5.41) is 9.20. The van der Waals surface area contributed by atoms with E-state index in [1.54, 1.807) is 0 Å². The summed E-state index contributed by atoms with van der Waals surface area (Å²) in [6.07, 6.45) is -3.71. The van der Waals surface area contributed by atoms with Crippen molar-refractivity contribution in [2.45, 2.75) is 19.5 Å². The number of carboxylic acid groups (broad SMARTS) is 1. The molecule has 0 saturated heterocycles. The molecule has 1 aromatic carbocycles. The zero-order chi connectivity index (χ0) is 16.2. The third kappa shape index (κ3) is 4.28. The molecule has 0 saturated carbocycles. The summed E-state index contributed by atoms with van der Waals surface area (Å²) in [5.41, 5.74) is -0.266. The third-order valence-electron chi connectivity index (χ3n) is 2.38. The molecule has 21 heavy (non-hydrogen) atoms. The summed E-state index contributed by atoms with van der Waals surface area (Å²) in [5.74, 6) is -1.46. The molecule has 1 atom stereocenters. The van der Waals surface area contributed by atoms with Gasteiger partial charge in [-0.15, -0.1) is 0 Å². The van der Waals surface area contributed by atoms with Crippen LogP contribution < -0.4 is 4.74 Å². The number of aliphatic carboxylic acids is 1. The smallest absolute Gasteiger partial charge is 0.335 e. The standard InChI is InChI=1S/C11H6Cl2F2O3.C2H5F/c12-5-1-4-2-6(11(16)17)9(10(14)15)18-8(4)7(13)3-5;1-2-3/h1-3,9-10H,(H,16,17);2H2,1H3. The van der Waals surface area contributed by atoms with E-state index in [1.807, 2.05) is 0 Å². The van der Waals surface area contributed by atoms with Crippen molar-refractivity contribution in [2.24, 2.45) is 0 Å². The van der Waals surface area contributed by atoms with E-state index in [2.05, 4.69) is 0 Å². The van der Waals surface area contributed by atoms with Gasteiger partial charge in [-0.3, -0.25) is 4.39 Å². The Morgan fingerprint density at radius 3 is 2.48 bits per heavy atom. The summed E-state index contributed by atoms with van der Waals surface area (Å²) in [7, 11) is 0. The summed E-state index contributed by atoms with van der Waals surface area (Å²) >= 11 is 11.6. The highest BCUT2D eigenvalue weighted by molar-refractivity contribution is 6.36. The first-order valence-electron chi connectivity index (χ1n) is 5.76. The predicted molar refractivity (Wildman–Crippen MR) is 74.1 cm³/mol. The van der Waals surface area contributed by atoms with Gasteiger partial charge in [0.25, 0.3) is 6.43 Å². The Balaban J connectivity index is 0.000000677. The molecule has 116 valence electrons. The lowest BCUT2D eigenvalue weighted by molar-refractivity contribution is -0.134. The second-order valence-electron chi connectivity index (χ2n) is 3.85. The van der Waals surface area contributed by atoms with Crippen molar-refractivity contribution in [2.75, 3.05) is 6.67 Å². The van der Waals surface area contributed by atoms with Crippen LogP contribution in [0.15, 0.2) is 17.7 Å². The molecule has 0 aromatic heterocycles. The highest BCUT2D eigenvalue weighted by Gasteiger charge is 2.35. The van der Waals surface area contributed by atoms with Crippen molar-refractivity contribution in [1.29, 1.82) is 0 Å². The van der Waals surface area contributed by atoms with Gasteiger partial charge in [0.1, 0.15) is 5.75 Å². The first-order chi connectivity index (χ1) is 9.81. The predicted octanol–water partition coefficient (Wildman–Crippen LogP) is 4.46. The van der Waals surface area contributed by atoms with E-state index in [1.165, 1.54) is 19.1 Å². The SMILES string of the molecule is CCF.O=C(O)C1=Cc2cc(Cl)cc(Cl)c2OC1C(F)F. The van der Waals surface area contributed by atoms with Gasteiger partial charge in [-0.25, -0.2) is 13.6 Å². The molecule has 1 aliphatic rings. The molecule has 2 rings (SSSR count). The fourth-order valence-corrected chi connectivity index (χ4v) is 2.18. The Kier molecular flexibility index (Phi) is 6.36. The Bertz CT molecular complexity index is 562. The van der Waals surface area contributed by atoms with E-state index >= 15 is 0 Å². The van der Waals surface area contributed by atoms with E-state index in [-0.39, 0.29) is 28.0 Å². The molecule has 0 radical (unpaired) electrons. The Morgan fingerprint density at radius 2 is 2.00 bits per heavy atom. The van der Waals surface area contributed by atoms with Crippen molar-refractivity contribution < 1.29 is 27.8 Å². The number of carboxylic acids is 1. The van der Waals surface area contributed by atoms with Gasteiger partial charge in [0, 0.05) is 10.6 Å². The van der Waals surface area contributed by atoms with Gasteiger partial charge in [0.2, 0.25) is 0 Å². The fourth-order valence-electron chi connectivity index (χ4n) is 1.62. The van der Waals surface area contributed by atoms with Crippen LogP contribution in [0, 0.1) is 0 Å². The summed E-state index contributed by atoms with van der Waals surface area (Å²) < 4.78 is 40.7. The van der Waals surface area contributed by atoms with Gasteiger partial charge in [-0.1, -0.05) is 23.2 Å². The number of rotatable bonds is 2.